The maximum atomic E-state index is 12.4. The number of nitrogens with zero attached hydrogens (tertiary/aromatic N) is 1. The number of rotatable bonds is 5. The van der Waals surface area contributed by atoms with E-state index in [0.717, 1.165) is 19.4 Å². The van der Waals surface area contributed by atoms with Crippen LogP contribution in [0.4, 0.5) is 0 Å². The smallest absolute Gasteiger partial charge is 0.226 e. The van der Waals surface area contributed by atoms with Crippen molar-refractivity contribution in [3.8, 4) is 0 Å². The van der Waals surface area contributed by atoms with Crippen LogP contribution < -0.4 is 5.73 Å². The molecule has 0 aromatic rings. The van der Waals surface area contributed by atoms with Gasteiger partial charge in [-0.3, -0.25) is 4.79 Å². The maximum absolute atomic E-state index is 12.4. The van der Waals surface area contributed by atoms with Crippen molar-refractivity contribution in [1.82, 2.24) is 4.90 Å². The summed E-state index contributed by atoms with van der Waals surface area (Å²) in [5, 5.41) is 0. The van der Waals surface area contributed by atoms with Crippen LogP contribution in [0.15, 0.2) is 12.2 Å². The highest BCUT2D eigenvalue weighted by Crippen LogP contribution is 2.44. The molecule has 3 heteroatoms. The summed E-state index contributed by atoms with van der Waals surface area (Å²) in [7, 11) is 1.92. The first-order valence-electron chi connectivity index (χ1n) is 7.18. The van der Waals surface area contributed by atoms with Gasteiger partial charge < -0.3 is 10.6 Å². The van der Waals surface area contributed by atoms with E-state index in [1.165, 1.54) is 6.42 Å². The summed E-state index contributed by atoms with van der Waals surface area (Å²) in [6.45, 7) is 5.05. The minimum atomic E-state index is 0.195. The summed E-state index contributed by atoms with van der Waals surface area (Å²) in [6, 6.07) is 0.195. The van der Waals surface area contributed by atoms with Crippen molar-refractivity contribution in [2.24, 2.45) is 29.4 Å². The fourth-order valence-electron chi connectivity index (χ4n) is 3.13. The molecule has 18 heavy (non-hydrogen) atoms. The van der Waals surface area contributed by atoms with Crippen molar-refractivity contribution in [2.75, 3.05) is 13.6 Å². The number of hydrogen-bond donors (Lipinski definition) is 1. The van der Waals surface area contributed by atoms with Crippen LogP contribution in [0.25, 0.3) is 0 Å². The third kappa shape index (κ3) is 2.77. The molecule has 2 rings (SSSR count). The quantitative estimate of drug-likeness (QED) is 0.759. The molecule has 0 aromatic heterocycles. The first-order chi connectivity index (χ1) is 8.49. The second-order valence-corrected chi connectivity index (χ2v) is 6.34. The molecule has 102 valence electrons. The van der Waals surface area contributed by atoms with Crippen LogP contribution in [0, 0.1) is 23.7 Å². The van der Waals surface area contributed by atoms with E-state index >= 15 is 0 Å². The van der Waals surface area contributed by atoms with Gasteiger partial charge in [-0.25, -0.2) is 0 Å². The molecule has 1 saturated carbocycles. The van der Waals surface area contributed by atoms with Gasteiger partial charge in [-0.2, -0.15) is 0 Å². The van der Waals surface area contributed by atoms with Crippen LogP contribution in [0.5, 0.6) is 0 Å². The van der Waals surface area contributed by atoms with Crippen LogP contribution in [-0.4, -0.2) is 30.4 Å². The van der Waals surface area contributed by atoms with E-state index in [1.807, 2.05) is 11.9 Å². The van der Waals surface area contributed by atoms with Crippen molar-refractivity contribution in [1.29, 1.82) is 0 Å². The van der Waals surface area contributed by atoms with Crippen molar-refractivity contribution in [3.63, 3.8) is 0 Å². The summed E-state index contributed by atoms with van der Waals surface area (Å²) in [6.07, 6.45) is 7.67. The highest BCUT2D eigenvalue weighted by molar-refractivity contribution is 5.79. The largest absolute Gasteiger partial charge is 0.345 e. The van der Waals surface area contributed by atoms with Crippen molar-refractivity contribution < 1.29 is 4.79 Å². The van der Waals surface area contributed by atoms with E-state index in [-0.39, 0.29) is 12.0 Å². The normalized spacial score (nSPS) is 31.1. The summed E-state index contributed by atoms with van der Waals surface area (Å²) in [5.41, 5.74) is 6.03. The number of hydrogen-bond acceptors (Lipinski definition) is 2. The SMILES string of the molecule is CC(C)C(N)CCN(C)C(=O)C1CC2C=CC1C2. The summed E-state index contributed by atoms with van der Waals surface area (Å²) < 4.78 is 0. The molecule has 2 bridgehead atoms. The Bertz CT molecular complexity index is 337. The minimum absolute atomic E-state index is 0.195. The van der Waals surface area contributed by atoms with Crippen molar-refractivity contribution >= 4 is 5.91 Å². The molecule has 4 atom stereocenters. The van der Waals surface area contributed by atoms with E-state index in [4.69, 9.17) is 5.73 Å². The molecule has 1 amide bonds. The number of amides is 1. The number of carbonyl (C=O) groups is 1. The van der Waals surface area contributed by atoms with Crippen molar-refractivity contribution in [3.05, 3.63) is 12.2 Å². The number of carbonyl (C=O) groups excluding carboxylic acids is 1. The molecule has 2 N–H and O–H groups in total. The Morgan fingerprint density at radius 1 is 1.39 bits per heavy atom. The van der Waals surface area contributed by atoms with Gasteiger partial charge >= 0.3 is 0 Å². The van der Waals surface area contributed by atoms with Crippen LogP contribution in [-0.2, 0) is 4.79 Å². The van der Waals surface area contributed by atoms with Gasteiger partial charge in [0.2, 0.25) is 5.91 Å². The molecule has 0 heterocycles. The highest BCUT2D eigenvalue weighted by atomic mass is 16.2. The molecule has 2 aliphatic carbocycles. The zero-order valence-corrected chi connectivity index (χ0v) is 11.8. The predicted molar refractivity (Wildman–Crippen MR) is 73.9 cm³/mol. The lowest BCUT2D eigenvalue weighted by molar-refractivity contribution is -0.135. The monoisotopic (exact) mass is 250 g/mol. The predicted octanol–water partition coefficient (Wildman–Crippen LogP) is 2.03. The van der Waals surface area contributed by atoms with Crippen LogP contribution in [0.3, 0.4) is 0 Å². The standard InChI is InChI=1S/C15H26N2O/c1-10(2)14(16)6-7-17(3)15(18)13-9-11-4-5-12(13)8-11/h4-5,10-14H,6-9,16H2,1-3H3. The molecule has 0 radical (unpaired) electrons. The number of allylic oxidation sites excluding steroid dienone is 2. The molecule has 2 aliphatic rings. The minimum Gasteiger partial charge on any atom is -0.345 e. The number of nitrogens with two attached hydrogens (primary N) is 1. The molecule has 1 fully saturated rings. The maximum Gasteiger partial charge on any atom is 0.226 e. The molecule has 0 spiro atoms. The molecule has 0 aromatic carbocycles. The first kappa shape index (κ1) is 13.6. The van der Waals surface area contributed by atoms with Gasteiger partial charge in [0.05, 0.1) is 0 Å². The molecule has 0 aliphatic heterocycles. The Labute approximate surface area is 110 Å². The van der Waals surface area contributed by atoms with Gasteiger partial charge in [0, 0.05) is 25.6 Å². The Hall–Kier alpha value is -0.830. The summed E-state index contributed by atoms with van der Waals surface area (Å²) in [4.78, 5) is 14.3. The Morgan fingerprint density at radius 3 is 2.61 bits per heavy atom. The van der Waals surface area contributed by atoms with E-state index < -0.39 is 0 Å². The lowest BCUT2D eigenvalue weighted by Gasteiger charge is -2.26. The lowest BCUT2D eigenvalue weighted by Crippen LogP contribution is -2.38. The first-order valence-corrected chi connectivity index (χ1v) is 7.18. The lowest BCUT2D eigenvalue weighted by atomic mass is 9.92. The fourth-order valence-corrected chi connectivity index (χ4v) is 3.13. The average Bonchev–Trinajstić information content (AvgIpc) is 2.96. The Kier molecular flexibility index (Phi) is 4.10. The van der Waals surface area contributed by atoms with Crippen LogP contribution >= 0.6 is 0 Å². The van der Waals surface area contributed by atoms with E-state index in [2.05, 4.69) is 26.0 Å². The Balaban J connectivity index is 1.80. The zero-order valence-electron chi connectivity index (χ0n) is 11.8. The van der Waals surface area contributed by atoms with Crippen molar-refractivity contribution in [2.45, 2.75) is 39.2 Å². The highest BCUT2D eigenvalue weighted by Gasteiger charge is 2.40. The molecule has 4 unspecified atom stereocenters. The van der Waals surface area contributed by atoms with Gasteiger partial charge in [0.15, 0.2) is 0 Å². The molecular weight excluding hydrogens is 224 g/mol. The van der Waals surface area contributed by atoms with E-state index in [0.29, 0.717) is 23.7 Å². The van der Waals surface area contributed by atoms with Gasteiger partial charge in [-0.1, -0.05) is 26.0 Å². The van der Waals surface area contributed by atoms with Gasteiger partial charge in [0.25, 0.3) is 0 Å². The molecule has 3 nitrogen and oxygen atoms in total. The van der Waals surface area contributed by atoms with E-state index in [9.17, 15) is 4.79 Å². The molecule has 0 saturated heterocycles. The topological polar surface area (TPSA) is 46.3 Å². The third-order valence-corrected chi connectivity index (χ3v) is 4.63. The van der Waals surface area contributed by atoms with Crippen LogP contribution in [0.1, 0.15) is 33.1 Å². The third-order valence-electron chi connectivity index (χ3n) is 4.63. The van der Waals surface area contributed by atoms with Gasteiger partial charge in [-0.05, 0) is 37.0 Å². The second kappa shape index (κ2) is 5.43. The fraction of sp³-hybridized carbons (Fsp3) is 0.800. The van der Waals surface area contributed by atoms with Gasteiger partial charge in [0.1, 0.15) is 0 Å². The number of fused-ring (bicyclic) bond motifs is 2. The van der Waals surface area contributed by atoms with Crippen LogP contribution in [0.2, 0.25) is 0 Å². The Morgan fingerprint density at radius 2 is 2.11 bits per heavy atom. The average molecular weight is 250 g/mol. The van der Waals surface area contributed by atoms with Gasteiger partial charge in [-0.15, -0.1) is 0 Å². The summed E-state index contributed by atoms with van der Waals surface area (Å²) in [5.74, 6) is 2.21. The summed E-state index contributed by atoms with van der Waals surface area (Å²) >= 11 is 0. The zero-order chi connectivity index (χ0) is 13.3. The second-order valence-electron chi connectivity index (χ2n) is 6.34. The van der Waals surface area contributed by atoms with E-state index in [1.54, 1.807) is 0 Å². The molecular formula is C15H26N2O.